The third-order valence-corrected chi connectivity index (χ3v) is 7.59. The highest BCUT2D eigenvalue weighted by Crippen LogP contribution is 2.30. The molecule has 1 N–H and O–H groups in total. The van der Waals surface area contributed by atoms with Crippen LogP contribution in [0.2, 0.25) is 0 Å². The maximum atomic E-state index is 13.1. The Morgan fingerprint density at radius 1 is 0.944 bits per heavy atom. The highest BCUT2D eigenvalue weighted by atomic mass is 32.2. The van der Waals surface area contributed by atoms with Gasteiger partial charge in [-0.25, -0.2) is 8.42 Å². The van der Waals surface area contributed by atoms with E-state index in [9.17, 15) is 13.2 Å². The van der Waals surface area contributed by atoms with E-state index in [1.165, 1.54) is 4.31 Å². The molecule has 8 nitrogen and oxygen atoms in total. The Labute approximate surface area is 212 Å². The topological polar surface area (TPSA) is 94.2 Å². The van der Waals surface area contributed by atoms with E-state index in [1.54, 1.807) is 75.7 Å². The van der Waals surface area contributed by atoms with Gasteiger partial charge >= 0.3 is 0 Å². The molecule has 3 aromatic rings. The molecular weight excluding hydrogens is 480 g/mol. The molecule has 0 spiro atoms. The van der Waals surface area contributed by atoms with Gasteiger partial charge in [-0.1, -0.05) is 23.8 Å². The summed E-state index contributed by atoms with van der Waals surface area (Å²) in [5.41, 5.74) is 2.36. The Kier molecular flexibility index (Phi) is 8.82. The number of hydrogen-bond acceptors (Lipinski definition) is 6. The summed E-state index contributed by atoms with van der Waals surface area (Å²) in [4.78, 5) is 12.7. The molecule has 36 heavy (non-hydrogen) atoms. The number of aryl methyl sites for hydroxylation is 1. The normalized spacial score (nSPS) is 11.9. The van der Waals surface area contributed by atoms with Gasteiger partial charge in [-0.2, -0.15) is 0 Å². The number of benzene rings is 3. The Balaban J connectivity index is 1.61. The molecule has 0 saturated heterocycles. The molecular formula is C27H32N2O6S. The summed E-state index contributed by atoms with van der Waals surface area (Å²) in [7, 11) is -0.575. The summed E-state index contributed by atoms with van der Waals surface area (Å²) in [6, 6.07) is 18.6. The standard InChI is InChI=1S/C27H32N2O6S/c1-6-29(36(31,32)24-14-7-19(2)8-15-24)22-10-12-23(13-11-22)35-18-27(30)28-20(3)21-9-16-25(33-4)26(17-21)34-5/h7-17,20H,6,18H2,1-5H3,(H,28,30)/t20-/m1/s1. The number of anilines is 1. The number of amides is 1. The number of methoxy groups -OCH3 is 2. The van der Waals surface area contributed by atoms with Crippen molar-refractivity contribution >= 4 is 21.6 Å². The lowest BCUT2D eigenvalue weighted by atomic mass is 10.1. The molecule has 192 valence electrons. The van der Waals surface area contributed by atoms with E-state index < -0.39 is 10.0 Å². The van der Waals surface area contributed by atoms with E-state index in [2.05, 4.69) is 5.32 Å². The summed E-state index contributed by atoms with van der Waals surface area (Å²) in [5, 5.41) is 2.89. The second-order valence-corrected chi connectivity index (χ2v) is 10.0. The van der Waals surface area contributed by atoms with Gasteiger partial charge in [0.1, 0.15) is 5.75 Å². The number of nitrogens with zero attached hydrogens (tertiary/aromatic N) is 1. The molecule has 3 aromatic carbocycles. The van der Waals surface area contributed by atoms with Gasteiger partial charge in [0.05, 0.1) is 30.8 Å². The fourth-order valence-electron chi connectivity index (χ4n) is 3.67. The van der Waals surface area contributed by atoms with Crippen molar-refractivity contribution in [2.45, 2.75) is 31.7 Å². The summed E-state index contributed by atoms with van der Waals surface area (Å²) in [6.45, 7) is 5.63. The minimum absolute atomic E-state index is 0.184. The first-order valence-electron chi connectivity index (χ1n) is 11.5. The highest BCUT2D eigenvalue weighted by Gasteiger charge is 2.23. The molecule has 1 amide bonds. The largest absolute Gasteiger partial charge is 0.493 e. The van der Waals surface area contributed by atoms with Gasteiger partial charge in [0, 0.05) is 6.54 Å². The first kappa shape index (κ1) is 26.9. The number of hydrogen-bond donors (Lipinski definition) is 1. The van der Waals surface area contributed by atoms with Crippen LogP contribution in [-0.4, -0.2) is 41.7 Å². The van der Waals surface area contributed by atoms with Crippen LogP contribution in [0.15, 0.2) is 71.6 Å². The molecule has 0 aliphatic heterocycles. The Bertz CT molecular complexity index is 1270. The molecule has 0 radical (unpaired) electrons. The van der Waals surface area contributed by atoms with Gasteiger partial charge in [0.25, 0.3) is 15.9 Å². The van der Waals surface area contributed by atoms with Gasteiger partial charge in [-0.15, -0.1) is 0 Å². The van der Waals surface area contributed by atoms with Gasteiger partial charge < -0.3 is 19.5 Å². The first-order chi connectivity index (χ1) is 17.2. The second kappa shape index (κ2) is 11.8. The monoisotopic (exact) mass is 512 g/mol. The molecule has 0 aromatic heterocycles. The van der Waals surface area contributed by atoms with Crippen LogP contribution >= 0.6 is 0 Å². The van der Waals surface area contributed by atoms with Crippen molar-refractivity contribution in [3.05, 3.63) is 77.9 Å². The maximum Gasteiger partial charge on any atom is 0.264 e. The number of sulfonamides is 1. The molecule has 3 rings (SSSR count). The Morgan fingerprint density at radius 2 is 1.58 bits per heavy atom. The average molecular weight is 513 g/mol. The molecule has 0 heterocycles. The van der Waals surface area contributed by atoms with Crippen LogP contribution in [0.4, 0.5) is 5.69 Å². The van der Waals surface area contributed by atoms with E-state index in [4.69, 9.17) is 14.2 Å². The quantitative estimate of drug-likeness (QED) is 0.407. The Morgan fingerprint density at radius 3 is 2.17 bits per heavy atom. The molecule has 0 bridgehead atoms. The molecule has 0 unspecified atom stereocenters. The third-order valence-electron chi connectivity index (χ3n) is 5.68. The molecule has 0 saturated carbocycles. The smallest absolute Gasteiger partial charge is 0.264 e. The summed E-state index contributed by atoms with van der Waals surface area (Å²) in [5.74, 6) is 1.35. The van der Waals surface area contributed by atoms with E-state index >= 15 is 0 Å². The summed E-state index contributed by atoms with van der Waals surface area (Å²) in [6.07, 6.45) is 0. The molecule has 1 atom stereocenters. The van der Waals surface area contributed by atoms with Gasteiger partial charge in [-0.05, 0) is 74.9 Å². The second-order valence-electron chi connectivity index (χ2n) is 8.17. The zero-order valence-corrected chi connectivity index (χ0v) is 22.0. The van der Waals surface area contributed by atoms with Gasteiger partial charge in [-0.3, -0.25) is 9.10 Å². The molecule has 0 fully saturated rings. The number of rotatable bonds is 11. The van der Waals surface area contributed by atoms with Crippen molar-refractivity contribution in [1.29, 1.82) is 0 Å². The average Bonchev–Trinajstić information content (AvgIpc) is 2.88. The number of ether oxygens (including phenoxy) is 3. The fraction of sp³-hybridized carbons (Fsp3) is 0.296. The SMILES string of the molecule is CCN(c1ccc(OCC(=O)N[C@H](C)c2ccc(OC)c(OC)c2)cc1)S(=O)(=O)c1ccc(C)cc1. The summed E-state index contributed by atoms with van der Waals surface area (Å²) < 4.78 is 43.7. The molecule has 9 heteroatoms. The van der Waals surface area contributed by atoms with Crippen molar-refractivity contribution in [2.24, 2.45) is 0 Å². The van der Waals surface area contributed by atoms with Crippen LogP contribution in [0.25, 0.3) is 0 Å². The van der Waals surface area contributed by atoms with Crippen LogP contribution in [0.5, 0.6) is 17.2 Å². The predicted octanol–water partition coefficient (Wildman–Crippen LogP) is 4.48. The van der Waals surface area contributed by atoms with Crippen molar-refractivity contribution < 1.29 is 27.4 Å². The van der Waals surface area contributed by atoms with Crippen molar-refractivity contribution in [3.63, 3.8) is 0 Å². The van der Waals surface area contributed by atoms with Crippen LogP contribution in [-0.2, 0) is 14.8 Å². The number of nitrogens with one attached hydrogen (secondary N) is 1. The minimum Gasteiger partial charge on any atom is -0.493 e. The third kappa shape index (κ3) is 6.28. The van der Waals surface area contributed by atoms with Crippen molar-refractivity contribution in [1.82, 2.24) is 5.32 Å². The van der Waals surface area contributed by atoms with Crippen molar-refractivity contribution in [2.75, 3.05) is 31.7 Å². The van der Waals surface area contributed by atoms with Crippen LogP contribution in [0.3, 0.4) is 0 Å². The zero-order valence-electron chi connectivity index (χ0n) is 21.1. The predicted molar refractivity (Wildman–Crippen MR) is 139 cm³/mol. The van der Waals surface area contributed by atoms with Gasteiger partial charge in [0.15, 0.2) is 18.1 Å². The molecule has 0 aliphatic rings. The lowest BCUT2D eigenvalue weighted by Crippen LogP contribution is -2.31. The van der Waals surface area contributed by atoms with Crippen LogP contribution in [0.1, 0.15) is 31.0 Å². The minimum atomic E-state index is -3.70. The lowest BCUT2D eigenvalue weighted by molar-refractivity contribution is -0.123. The molecule has 0 aliphatic carbocycles. The maximum absolute atomic E-state index is 13.1. The van der Waals surface area contributed by atoms with E-state index in [0.717, 1.165) is 11.1 Å². The Hall–Kier alpha value is -3.72. The number of carbonyl (C=O) groups is 1. The van der Waals surface area contributed by atoms with Crippen LogP contribution in [0, 0.1) is 6.92 Å². The highest BCUT2D eigenvalue weighted by molar-refractivity contribution is 7.92. The van der Waals surface area contributed by atoms with E-state index in [1.807, 2.05) is 26.0 Å². The van der Waals surface area contributed by atoms with Crippen LogP contribution < -0.4 is 23.8 Å². The zero-order chi connectivity index (χ0) is 26.3. The van der Waals surface area contributed by atoms with Gasteiger partial charge in [0.2, 0.25) is 0 Å². The van der Waals surface area contributed by atoms with E-state index in [-0.39, 0.29) is 30.0 Å². The summed E-state index contributed by atoms with van der Waals surface area (Å²) >= 11 is 0. The fourth-order valence-corrected chi connectivity index (χ4v) is 5.15. The lowest BCUT2D eigenvalue weighted by Gasteiger charge is -2.23. The van der Waals surface area contributed by atoms with Crippen molar-refractivity contribution in [3.8, 4) is 17.2 Å². The first-order valence-corrected chi connectivity index (χ1v) is 13.0. The number of carbonyl (C=O) groups excluding carboxylic acids is 1. The van der Waals surface area contributed by atoms with E-state index in [0.29, 0.717) is 22.9 Å².